The second-order valence-electron chi connectivity index (χ2n) is 8.67. The average molecular weight is 476 g/mol. The maximum Gasteiger partial charge on any atom is 0.300 e. The van der Waals surface area contributed by atoms with Gasteiger partial charge in [-0.1, -0.05) is 78.9 Å². The third-order valence-electron chi connectivity index (χ3n) is 6.28. The van der Waals surface area contributed by atoms with E-state index >= 15 is 0 Å². The normalized spacial score (nSPS) is 16.8. The van der Waals surface area contributed by atoms with Gasteiger partial charge in [-0.15, -0.1) is 0 Å². The number of hydrogen-bond donors (Lipinski definition) is 1. The van der Waals surface area contributed by atoms with Crippen molar-refractivity contribution in [2.45, 2.75) is 19.6 Å². The Labute approximate surface area is 209 Å². The predicted molar refractivity (Wildman–Crippen MR) is 140 cm³/mol. The van der Waals surface area contributed by atoms with Gasteiger partial charge in [-0.25, -0.2) is 0 Å². The molecule has 1 N–H and O–H groups in total. The summed E-state index contributed by atoms with van der Waals surface area (Å²) in [5.74, 6) is -0.915. The van der Waals surface area contributed by atoms with Crippen molar-refractivity contribution in [3.63, 3.8) is 0 Å². The number of benzene rings is 4. The first kappa shape index (κ1) is 23.1. The maximum absolute atomic E-state index is 13.3. The number of anilines is 1. The van der Waals surface area contributed by atoms with Gasteiger partial charge in [0, 0.05) is 11.3 Å². The van der Waals surface area contributed by atoms with E-state index in [0.717, 1.165) is 16.7 Å². The first-order valence-corrected chi connectivity index (χ1v) is 11.7. The van der Waals surface area contributed by atoms with Crippen LogP contribution in [0.3, 0.4) is 0 Å². The van der Waals surface area contributed by atoms with Gasteiger partial charge in [0.2, 0.25) is 0 Å². The smallest absolute Gasteiger partial charge is 0.300 e. The van der Waals surface area contributed by atoms with E-state index in [9.17, 15) is 14.7 Å². The van der Waals surface area contributed by atoms with E-state index in [-0.39, 0.29) is 11.3 Å². The highest BCUT2D eigenvalue weighted by Crippen LogP contribution is 2.42. The quantitative estimate of drug-likeness (QED) is 0.205. The third-order valence-corrected chi connectivity index (χ3v) is 6.28. The molecule has 1 fully saturated rings. The molecule has 0 saturated carbocycles. The minimum Gasteiger partial charge on any atom is -0.507 e. The molecule has 1 saturated heterocycles. The number of carbonyl (C=O) groups excluding carboxylic acids is 2. The second kappa shape index (κ2) is 9.92. The first-order valence-electron chi connectivity index (χ1n) is 11.7. The summed E-state index contributed by atoms with van der Waals surface area (Å²) in [5, 5.41) is 11.4. The molecule has 0 bridgehead atoms. The van der Waals surface area contributed by atoms with Crippen molar-refractivity contribution < 1.29 is 19.4 Å². The number of ketones is 1. The van der Waals surface area contributed by atoms with Gasteiger partial charge in [0.05, 0.1) is 11.6 Å². The molecule has 0 aromatic heterocycles. The van der Waals surface area contributed by atoms with Crippen LogP contribution in [0.15, 0.2) is 115 Å². The number of para-hydroxylation sites is 1. The Bertz CT molecular complexity index is 1430. The monoisotopic (exact) mass is 475 g/mol. The highest BCUT2D eigenvalue weighted by molar-refractivity contribution is 6.51. The van der Waals surface area contributed by atoms with Crippen LogP contribution in [0.1, 0.15) is 28.3 Å². The van der Waals surface area contributed by atoms with E-state index in [1.165, 1.54) is 4.90 Å². The van der Waals surface area contributed by atoms with Crippen molar-refractivity contribution in [3.8, 4) is 5.75 Å². The summed E-state index contributed by atoms with van der Waals surface area (Å²) in [6, 6.07) is 32.7. The van der Waals surface area contributed by atoms with E-state index in [2.05, 4.69) is 0 Å². The third kappa shape index (κ3) is 4.39. The van der Waals surface area contributed by atoms with Gasteiger partial charge in [-0.3, -0.25) is 14.5 Å². The fourth-order valence-electron chi connectivity index (χ4n) is 4.49. The van der Waals surface area contributed by atoms with E-state index < -0.39 is 17.7 Å². The molecule has 1 aliphatic heterocycles. The van der Waals surface area contributed by atoms with Crippen molar-refractivity contribution in [1.82, 2.24) is 0 Å². The zero-order valence-electron chi connectivity index (χ0n) is 19.8. The fraction of sp³-hybridized carbons (Fsp3) is 0.0968. The molecule has 0 spiro atoms. The van der Waals surface area contributed by atoms with Gasteiger partial charge in [-0.2, -0.15) is 0 Å². The molecule has 1 aliphatic rings. The van der Waals surface area contributed by atoms with E-state index in [0.29, 0.717) is 23.6 Å². The molecule has 1 heterocycles. The molecule has 4 aromatic carbocycles. The number of aryl methyl sites for hydroxylation is 1. The molecule has 5 heteroatoms. The molecule has 36 heavy (non-hydrogen) atoms. The van der Waals surface area contributed by atoms with Crippen LogP contribution in [0.25, 0.3) is 5.76 Å². The van der Waals surface area contributed by atoms with Gasteiger partial charge in [-0.05, 0) is 53.9 Å². The SMILES string of the molecule is Cc1cc(/C(O)=C2/C(=O)C(=O)N(c3ccccc3)C2c2ccccc2)ccc1OCc1ccccc1. The van der Waals surface area contributed by atoms with Crippen LogP contribution >= 0.6 is 0 Å². The van der Waals surface area contributed by atoms with Crippen LogP contribution in [0.4, 0.5) is 5.69 Å². The van der Waals surface area contributed by atoms with Gasteiger partial charge >= 0.3 is 0 Å². The van der Waals surface area contributed by atoms with Crippen molar-refractivity contribution in [2.24, 2.45) is 0 Å². The summed E-state index contributed by atoms with van der Waals surface area (Å²) in [6.45, 7) is 2.30. The number of amides is 1. The van der Waals surface area contributed by atoms with E-state index in [4.69, 9.17) is 4.74 Å². The van der Waals surface area contributed by atoms with Crippen molar-refractivity contribution in [3.05, 3.63) is 137 Å². The highest BCUT2D eigenvalue weighted by atomic mass is 16.5. The Kier molecular flexibility index (Phi) is 6.37. The molecule has 0 aliphatic carbocycles. The van der Waals surface area contributed by atoms with Crippen LogP contribution in [-0.2, 0) is 16.2 Å². The fourth-order valence-corrected chi connectivity index (χ4v) is 4.49. The van der Waals surface area contributed by atoms with Crippen LogP contribution in [-0.4, -0.2) is 16.8 Å². The Balaban J connectivity index is 1.54. The minimum atomic E-state index is -0.747. The Morgan fingerprint density at radius 2 is 1.44 bits per heavy atom. The molecule has 1 unspecified atom stereocenters. The van der Waals surface area contributed by atoms with Gasteiger partial charge < -0.3 is 9.84 Å². The lowest BCUT2D eigenvalue weighted by Gasteiger charge is -2.25. The predicted octanol–water partition coefficient (Wildman–Crippen LogP) is 6.20. The molecule has 5 rings (SSSR count). The second-order valence-corrected chi connectivity index (χ2v) is 8.67. The standard InChI is InChI=1S/C31H25NO4/c1-21-19-24(17-18-26(21)36-20-22-11-5-2-6-12-22)29(33)27-28(23-13-7-3-8-14-23)32(31(35)30(27)34)25-15-9-4-10-16-25/h2-19,28,33H,20H2,1H3/b29-27-. The molecule has 5 nitrogen and oxygen atoms in total. The molecule has 1 amide bonds. The zero-order valence-corrected chi connectivity index (χ0v) is 19.8. The number of hydrogen-bond acceptors (Lipinski definition) is 4. The lowest BCUT2D eigenvalue weighted by atomic mass is 9.94. The van der Waals surface area contributed by atoms with Crippen molar-refractivity contribution >= 4 is 23.1 Å². The van der Waals surface area contributed by atoms with Crippen molar-refractivity contribution in [1.29, 1.82) is 0 Å². The number of Topliss-reactive ketones (excluding diaryl/α,β-unsaturated/α-hetero) is 1. The minimum absolute atomic E-state index is 0.0624. The Morgan fingerprint density at radius 3 is 2.08 bits per heavy atom. The lowest BCUT2D eigenvalue weighted by molar-refractivity contribution is -0.132. The van der Waals surface area contributed by atoms with E-state index in [1.54, 1.807) is 30.3 Å². The summed E-state index contributed by atoms with van der Waals surface area (Å²) < 4.78 is 5.96. The van der Waals surface area contributed by atoms with Crippen LogP contribution in [0.2, 0.25) is 0 Å². The summed E-state index contributed by atoms with van der Waals surface area (Å²) in [5.41, 5.74) is 3.70. The highest BCUT2D eigenvalue weighted by Gasteiger charge is 2.46. The largest absolute Gasteiger partial charge is 0.507 e. The number of ether oxygens (including phenoxy) is 1. The summed E-state index contributed by atoms with van der Waals surface area (Å²) in [7, 11) is 0. The maximum atomic E-state index is 13.3. The van der Waals surface area contributed by atoms with E-state index in [1.807, 2.05) is 85.8 Å². The number of nitrogens with zero attached hydrogens (tertiary/aromatic N) is 1. The summed E-state index contributed by atoms with van der Waals surface area (Å²) in [4.78, 5) is 27.9. The van der Waals surface area contributed by atoms with Crippen LogP contribution in [0, 0.1) is 6.92 Å². The zero-order chi connectivity index (χ0) is 25.1. The summed E-state index contributed by atoms with van der Waals surface area (Å²) >= 11 is 0. The molecular formula is C31H25NO4. The lowest BCUT2D eigenvalue weighted by Crippen LogP contribution is -2.29. The number of carbonyl (C=O) groups is 2. The first-order chi connectivity index (χ1) is 17.5. The van der Waals surface area contributed by atoms with Crippen LogP contribution < -0.4 is 9.64 Å². The number of aliphatic hydroxyl groups excluding tert-OH is 1. The van der Waals surface area contributed by atoms with Gasteiger partial charge in [0.15, 0.2) is 0 Å². The Morgan fingerprint density at radius 1 is 0.833 bits per heavy atom. The molecular weight excluding hydrogens is 450 g/mol. The topological polar surface area (TPSA) is 66.8 Å². The molecule has 1 atom stereocenters. The Hall–Kier alpha value is -4.64. The average Bonchev–Trinajstić information content (AvgIpc) is 3.19. The molecule has 4 aromatic rings. The molecule has 0 radical (unpaired) electrons. The van der Waals surface area contributed by atoms with Gasteiger partial charge in [0.1, 0.15) is 18.1 Å². The number of rotatable bonds is 6. The summed E-state index contributed by atoms with van der Waals surface area (Å²) in [6.07, 6.45) is 0. The molecule has 178 valence electrons. The van der Waals surface area contributed by atoms with Crippen molar-refractivity contribution in [2.75, 3.05) is 4.90 Å². The van der Waals surface area contributed by atoms with Crippen LogP contribution in [0.5, 0.6) is 5.75 Å². The number of aliphatic hydroxyl groups is 1. The van der Waals surface area contributed by atoms with Gasteiger partial charge in [0.25, 0.3) is 11.7 Å².